The maximum atomic E-state index is 13.6. The normalized spacial score (nSPS) is 33.4. The Bertz CT molecular complexity index is 1020. The van der Waals surface area contributed by atoms with Crippen LogP contribution in [0.5, 0.6) is 0 Å². The Balaban J connectivity index is 1.62. The second-order valence-corrected chi connectivity index (χ2v) is 11.8. The first-order valence-corrected chi connectivity index (χ1v) is 12.1. The molecule has 0 aromatic rings. The van der Waals surface area contributed by atoms with Crippen LogP contribution in [-0.4, -0.2) is 65.6 Å². The average molecular weight is 493 g/mol. The molecule has 13 heteroatoms. The van der Waals surface area contributed by atoms with E-state index in [9.17, 15) is 36.4 Å². The number of amides is 2. The molecule has 10 nitrogen and oxygen atoms in total. The number of carbonyl (C=O) groups excluding carboxylic acids is 4. The summed E-state index contributed by atoms with van der Waals surface area (Å²) in [7, 11) is -5.82. The zero-order valence-corrected chi connectivity index (χ0v) is 19.0. The van der Waals surface area contributed by atoms with Gasteiger partial charge in [0.15, 0.2) is 6.61 Å². The van der Waals surface area contributed by atoms with E-state index in [-0.39, 0.29) is 12.3 Å². The third-order valence-electron chi connectivity index (χ3n) is 6.93. The average Bonchev–Trinajstić information content (AvgIpc) is 3.33. The molecule has 2 bridgehead atoms. The van der Waals surface area contributed by atoms with Crippen molar-refractivity contribution in [1.29, 1.82) is 0 Å². The molecule has 184 valence electrons. The van der Waals surface area contributed by atoms with Crippen molar-refractivity contribution in [3.8, 4) is 0 Å². The Labute approximate surface area is 188 Å². The Morgan fingerprint density at radius 1 is 1.12 bits per heavy atom. The SMILES string of the molecule is CC(C)(C)C(=O)N1C(=O)C2C3CC(C(OC(=O)C4CC4)C31)C2C(=O)OCC(F)(F)S(=O)(=O)O. The van der Waals surface area contributed by atoms with Gasteiger partial charge in [-0.2, -0.15) is 17.2 Å². The molecule has 1 saturated heterocycles. The Morgan fingerprint density at radius 3 is 2.24 bits per heavy atom. The van der Waals surface area contributed by atoms with Gasteiger partial charge in [0, 0.05) is 11.3 Å². The lowest BCUT2D eigenvalue weighted by molar-refractivity contribution is -0.168. The van der Waals surface area contributed by atoms with E-state index in [1.165, 1.54) is 0 Å². The molecule has 0 aromatic carbocycles. The van der Waals surface area contributed by atoms with Crippen molar-refractivity contribution in [2.24, 2.45) is 35.0 Å². The van der Waals surface area contributed by atoms with Gasteiger partial charge in [-0.25, -0.2) is 0 Å². The minimum atomic E-state index is -5.82. The lowest BCUT2D eigenvalue weighted by Crippen LogP contribution is -2.51. The Morgan fingerprint density at radius 2 is 1.73 bits per heavy atom. The van der Waals surface area contributed by atoms with Crippen molar-refractivity contribution in [2.75, 3.05) is 6.61 Å². The van der Waals surface area contributed by atoms with Crippen LogP contribution in [0.3, 0.4) is 0 Å². The molecule has 4 fully saturated rings. The highest BCUT2D eigenvalue weighted by atomic mass is 32.2. The molecule has 1 N–H and O–H groups in total. The number of ether oxygens (including phenoxy) is 2. The molecule has 3 aliphatic carbocycles. The van der Waals surface area contributed by atoms with Crippen LogP contribution in [0.25, 0.3) is 0 Å². The number of carbonyl (C=O) groups is 4. The molecule has 0 radical (unpaired) electrons. The number of hydrogen-bond acceptors (Lipinski definition) is 8. The number of rotatable bonds is 6. The fourth-order valence-electron chi connectivity index (χ4n) is 5.26. The van der Waals surface area contributed by atoms with Gasteiger partial charge in [-0.1, -0.05) is 20.8 Å². The molecule has 3 saturated carbocycles. The number of hydrogen-bond donors (Lipinski definition) is 1. The second-order valence-electron chi connectivity index (χ2n) is 10.3. The summed E-state index contributed by atoms with van der Waals surface area (Å²) in [5.74, 6) is -6.82. The van der Waals surface area contributed by atoms with E-state index in [0.29, 0.717) is 12.8 Å². The van der Waals surface area contributed by atoms with Crippen LogP contribution in [0.15, 0.2) is 0 Å². The highest BCUT2D eigenvalue weighted by Crippen LogP contribution is 2.60. The van der Waals surface area contributed by atoms with Gasteiger partial charge in [0.05, 0.1) is 23.8 Å². The molecule has 0 aromatic heterocycles. The van der Waals surface area contributed by atoms with E-state index < -0.39 is 87.0 Å². The minimum absolute atomic E-state index is 0.242. The van der Waals surface area contributed by atoms with Gasteiger partial charge in [0.1, 0.15) is 6.10 Å². The van der Waals surface area contributed by atoms with Crippen molar-refractivity contribution < 1.29 is 50.4 Å². The van der Waals surface area contributed by atoms with Gasteiger partial charge in [0.2, 0.25) is 11.8 Å². The first-order chi connectivity index (χ1) is 15.1. The second kappa shape index (κ2) is 7.42. The molecule has 6 unspecified atom stereocenters. The fourth-order valence-corrected chi connectivity index (χ4v) is 5.47. The van der Waals surface area contributed by atoms with E-state index in [4.69, 9.17) is 9.29 Å². The van der Waals surface area contributed by atoms with E-state index in [2.05, 4.69) is 4.74 Å². The van der Waals surface area contributed by atoms with Crippen LogP contribution in [0.1, 0.15) is 40.0 Å². The number of nitrogens with zero attached hydrogens (tertiary/aromatic N) is 1. The minimum Gasteiger partial charge on any atom is -0.460 e. The summed E-state index contributed by atoms with van der Waals surface area (Å²) in [6.07, 6.45) is 0.544. The smallest absolute Gasteiger partial charge is 0.402 e. The molecule has 2 amide bonds. The van der Waals surface area contributed by atoms with Crippen LogP contribution in [0, 0.1) is 35.0 Å². The van der Waals surface area contributed by atoms with E-state index in [0.717, 1.165) is 4.90 Å². The predicted octanol–water partition coefficient (Wildman–Crippen LogP) is 0.998. The molecule has 1 heterocycles. The summed E-state index contributed by atoms with van der Waals surface area (Å²) in [4.78, 5) is 52.5. The standard InChI is InChI=1S/C20H25F2NO9S/c1-19(2,3)18(27)23-13-9-6-10(14(13)32-16(25)8-4-5-8)12(11(9)15(23)24)17(26)31-7-20(21,22)33(28,29)30/h8-14H,4-7H2,1-3H3,(H,28,29,30). The van der Waals surface area contributed by atoms with Gasteiger partial charge in [-0.05, 0) is 25.2 Å². The van der Waals surface area contributed by atoms with Gasteiger partial charge in [-0.3, -0.25) is 28.6 Å². The number of esters is 2. The quantitative estimate of drug-likeness (QED) is 0.423. The van der Waals surface area contributed by atoms with Crippen LogP contribution < -0.4 is 0 Å². The Hall–Kier alpha value is -2.15. The summed E-state index contributed by atoms with van der Waals surface area (Å²) < 4.78 is 67.5. The molecular weight excluding hydrogens is 468 g/mol. The summed E-state index contributed by atoms with van der Waals surface area (Å²) in [5.41, 5.74) is -0.948. The van der Waals surface area contributed by atoms with Crippen LogP contribution >= 0.6 is 0 Å². The van der Waals surface area contributed by atoms with Crippen molar-refractivity contribution >= 4 is 33.9 Å². The third kappa shape index (κ3) is 3.82. The number of halogens is 2. The van der Waals surface area contributed by atoms with E-state index in [1.54, 1.807) is 20.8 Å². The number of imide groups is 1. The molecular formula is C20H25F2NO9S. The molecule has 0 spiro atoms. The lowest BCUT2D eigenvalue weighted by atomic mass is 9.78. The molecule has 33 heavy (non-hydrogen) atoms. The highest BCUT2D eigenvalue weighted by Gasteiger charge is 2.72. The van der Waals surface area contributed by atoms with E-state index >= 15 is 0 Å². The highest BCUT2D eigenvalue weighted by molar-refractivity contribution is 7.86. The Kier molecular flexibility index (Phi) is 5.40. The van der Waals surface area contributed by atoms with Crippen molar-refractivity contribution in [1.82, 2.24) is 4.90 Å². The van der Waals surface area contributed by atoms with Crippen molar-refractivity contribution in [3.05, 3.63) is 0 Å². The van der Waals surface area contributed by atoms with Crippen LogP contribution in [-0.2, 0) is 38.8 Å². The van der Waals surface area contributed by atoms with Gasteiger partial charge in [-0.15, -0.1) is 0 Å². The first-order valence-electron chi connectivity index (χ1n) is 10.7. The summed E-state index contributed by atoms with van der Waals surface area (Å²) in [5, 5.41) is -4.73. The molecule has 1 aliphatic heterocycles. The van der Waals surface area contributed by atoms with E-state index in [1.807, 2.05) is 0 Å². The zero-order chi connectivity index (χ0) is 24.7. The fraction of sp³-hybridized carbons (Fsp3) is 0.800. The molecule has 4 rings (SSSR count). The van der Waals surface area contributed by atoms with Gasteiger partial charge >= 0.3 is 27.3 Å². The van der Waals surface area contributed by atoms with Crippen LogP contribution in [0.2, 0.25) is 0 Å². The largest absolute Gasteiger partial charge is 0.460 e. The number of fused-ring (bicyclic) bond motifs is 1. The summed E-state index contributed by atoms with van der Waals surface area (Å²) >= 11 is 0. The maximum absolute atomic E-state index is 13.6. The maximum Gasteiger partial charge on any atom is 0.402 e. The van der Waals surface area contributed by atoms with Gasteiger partial charge in [0.25, 0.3) is 0 Å². The monoisotopic (exact) mass is 493 g/mol. The van der Waals surface area contributed by atoms with Crippen LogP contribution in [0.4, 0.5) is 8.78 Å². The molecule has 6 atom stereocenters. The number of alkyl halides is 2. The third-order valence-corrected chi connectivity index (χ3v) is 7.80. The van der Waals surface area contributed by atoms with Crippen molar-refractivity contribution in [3.63, 3.8) is 0 Å². The number of likely N-dealkylation sites (tertiary alicyclic amines) is 1. The van der Waals surface area contributed by atoms with Crippen molar-refractivity contribution in [2.45, 2.75) is 57.4 Å². The predicted molar refractivity (Wildman–Crippen MR) is 104 cm³/mol. The topological polar surface area (TPSA) is 144 Å². The molecule has 4 aliphatic rings. The first kappa shape index (κ1) is 24.0. The van der Waals surface area contributed by atoms with Gasteiger partial charge < -0.3 is 9.47 Å². The lowest BCUT2D eigenvalue weighted by Gasteiger charge is -2.35. The zero-order valence-electron chi connectivity index (χ0n) is 18.2. The summed E-state index contributed by atoms with van der Waals surface area (Å²) in [6.45, 7) is 2.91. The summed E-state index contributed by atoms with van der Waals surface area (Å²) in [6, 6.07) is -0.759.